The van der Waals surface area contributed by atoms with Gasteiger partial charge in [0.1, 0.15) is 5.69 Å². The van der Waals surface area contributed by atoms with Gasteiger partial charge < -0.3 is 10.2 Å². The van der Waals surface area contributed by atoms with Gasteiger partial charge in [-0.3, -0.25) is 10.00 Å². The number of anilines is 1. The van der Waals surface area contributed by atoms with Gasteiger partial charge in [0.05, 0.1) is 34.7 Å². The lowest BCUT2D eigenvalue weighted by atomic mass is 10.1. The van der Waals surface area contributed by atoms with E-state index in [-0.39, 0.29) is 17.9 Å². The minimum absolute atomic E-state index is 0.122. The van der Waals surface area contributed by atoms with E-state index in [4.69, 9.17) is 10.2 Å². The average molecular weight is 467 g/mol. The Morgan fingerprint density at radius 3 is 3.07 bits per heavy atom. The van der Waals surface area contributed by atoms with Crippen molar-refractivity contribution in [2.24, 2.45) is 0 Å². The first-order valence-corrected chi connectivity index (χ1v) is 10.4. The van der Waals surface area contributed by atoms with E-state index in [1.807, 2.05) is 6.20 Å². The van der Waals surface area contributed by atoms with Crippen molar-refractivity contribution in [3.05, 3.63) is 46.7 Å². The number of hydrogen-bond donors (Lipinski definition) is 2. The molecule has 0 amide bonds. The van der Waals surface area contributed by atoms with E-state index in [1.54, 1.807) is 29.1 Å². The molecule has 0 radical (unpaired) electrons. The van der Waals surface area contributed by atoms with Crippen LogP contribution in [0, 0.1) is 11.8 Å². The summed E-state index contributed by atoms with van der Waals surface area (Å²) in [4.78, 5) is 11.2. The highest BCUT2D eigenvalue weighted by Gasteiger charge is 2.30. The maximum absolute atomic E-state index is 6.10. The number of nitrogens with one attached hydrogen (secondary N) is 1. The van der Waals surface area contributed by atoms with Gasteiger partial charge in [0.25, 0.3) is 0 Å². The highest BCUT2D eigenvalue weighted by atomic mass is 79.9. The molecule has 3 N–H and O–H groups in total. The Balaban J connectivity index is 1.42. The van der Waals surface area contributed by atoms with Crippen molar-refractivity contribution in [3.63, 3.8) is 0 Å². The van der Waals surface area contributed by atoms with Crippen LogP contribution in [0.15, 0.2) is 39.7 Å². The zero-order chi connectivity index (χ0) is 20.7. The minimum atomic E-state index is 0.122. The van der Waals surface area contributed by atoms with Crippen molar-refractivity contribution in [3.8, 4) is 23.4 Å². The van der Waals surface area contributed by atoms with Crippen molar-refractivity contribution >= 4 is 27.4 Å². The Morgan fingerprint density at radius 1 is 1.40 bits per heavy atom. The molecule has 4 aromatic rings. The standard InChI is InChI=1S/C20H19BrN8O/c1-12(17-15(21)10-23-26-17)28-8-2-4-14(28)7-6-13-11-29-20(18(22)24-13)25-19(27-29)16-5-3-9-30-16/h3,5,9-12,14H,2,4,8H2,1H3,(H2,22,24)(H,23,26)/t12-,14?/m0/s1. The Labute approximate surface area is 180 Å². The zero-order valence-corrected chi connectivity index (χ0v) is 17.8. The van der Waals surface area contributed by atoms with Gasteiger partial charge in [-0.25, -0.2) is 14.5 Å². The first-order valence-electron chi connectivity index (χ1n) is 9.63. The van der Waals surface area contributed by atoms with Crippen molar-refractivity contribution < 1.29 is 4.42 Å². The SMILES string of the molecule is C[C@@H](c1n[nH]cc1Br)N1CCCC1C#Cc1cn2nc(-c3ccco3)nc2c(N)n1. The fourth-order valence-electron chi connectivity index (χ4n) is 3.78. The number of furan rings is 1. The Morgan fingerprint density at radius 2 is 2.30 bits per heavy atom. The van der Waals surface area contributed by atoms with Crippen LogP contribution in [0.3, 0.4) is 0 Å². The Kier molecular flexibility index (Phi) is 4.77. The first kappa shape index (κ1) is 18.8. The molecule has 1 saturated heterocycles. The molecular weight excluding hydrogens is 448 g/mol. The number of nitrogens with two attached hydrogens (primary N) is 1. The number of H-pyrrole nitrogens is 1. The number of nitrogen functional groups attached to an aromatic ring is 1. The van der Waals surface area contributed by atoms with Gasteiger partial charge in [-0.05, 0) is 53.7 Å². The third kappa shape index (κ3) is 3.36. The topological polar surface area (TPSA) is 114 Å². The molecular formula is C20H19BrN8O. The predicted molar refractivity (Wildman–Crippen MR) is 114 cm³/mol. The van der Waals surface area contributed by atoms with Crippen molar-refractivity contribution in [2.75, 3.05) is 12.3 Å². The number of hydrogen-bond acceptors (Lipinski definition) is 7. The van der Waals surface area contributed by atoms with Gasteiger partial charge in [0, 0.05) is 12.7 Å². The van der Waals surface area contributed by atoms with E-state index in [9.17, 15) is 0 Å². The molecule has 30 heavy (non-hydrogen) atoms. The molecule has 9 nitrogen and oxygen atoms in total. The van der Waals surface area contributed by atoms with Crippen LogP contribution in [-0.2, 0) is 0 Å². The van der Waals surface area contributed by atoms with E-state index in [1.165, 1.54) is 0 Å². The molecule has 5 heterocycles. The second-order valence-electron chi connectivity index (χ2n) is 7.15. The number of rotatable bonds is 3. The van der Waals surface area contributed by atoms with Crippen LogP contribution in [0.2, 0.25) is 0 Å². The molecule has 4 aromatic heterocycles. The second-order valence-corrected chi connectivity index (χ2v) is 8.01. The summed E-state index contributed by atoms with van der Waals surface area (Å²) in [6, 6.07) is 3.86. The number of halogens is 1. The van der Waals surface area contributed by atoms with Crippen LogP contribution >= 0.6 is 15.9 Å². The third-order valence-electron chi connectivity index (χ3n) is 5.26. The number of aromatic nitrogens is 6. The molecule has 0 bridgehead atoms. The lowest BCUT2D eigenvalue weighted by Gasteiger charge is -2.26. The van der Waals surface area contributed by atoms with Gasteiger partial charge in [-0.1, -0.05) is 5.92 Å². The number of fused-ring (bicyclic) bond motifs is 1. The second kappa shape index (κ2) is 7.59. The smallest absolute Gasteiger partial charge is 0.218 e. The predicted octanol–water partition coefficient (Wildman–Crippen LogP) is 3.03. The van der Waals surface area contributed by atoms with Crippen LogP contribution in [0.4, 0.5) is 5.82 Å². The first-order chi connectivity index (χ1) is 14.6. The third-order valence-corrected chi connectivity index (χ3v) is 5.90. The molecule has 1 fully saturated rings. The molecule has 152 valence electrons. The summed E-state index contributed by atoms with van der Waals surface area (Å²) in [6.07, 6.45) is 7.26. The van der Waals surface area contributed by atoms with E-state index in [2.05, 4.69) is 64.9 Å². The molecule has 5 rings (SSSR count). The Bertz CT molecular complexity index is 1250. The van der Waals surface area contributed by atoms with E-state index in [0.717, 1.165) is 29.6 Å². The number of nitrogens with zero attached hydrogens (tertiary/aromatic N) is 6. The van der Waals surface area contributed by atoms with Gasteiger partial charge in [-0.2, -0.15) is 5.10 Å². The quantitative estimate of drug-likeness (QED) is 0.445. The summed E-state index contributed by atoms with van der Waals surface area (Å²) in [7, 11) is 0. The fraction of sp³-hybridized carbons (Fsp3) is 0.300. The van der Waals surface area contributed by atoms with Gasteiger partial charge in [-0.15, -0.1) is 5.10 Å². The monoisotopic (exact) mass is 466 g/mol. The fourth-order valence-corrected chi connectivity index (χ4v) is 4.31. The van der Waals surface area contributed by atoms with Crippen LogP contribution in [0.25, 0.3) is 17.2 Å². The lowest BCUT2D eigenvalue weighted by molar-refractivity contribution is 0.222. The summed E-state index contributed by atoms with van der Waals surface area (Å²) < 4.78 is 7.94. The van der Waals surface area contributed by atoms with E-state index < -0.39 is 0 Å². The molecule has 2 atom stereocenters. The van der Waals surface area contributed by atoms with E-state index in [0.29, 0.717) is 22.9 Å². The normalized spacial score (nSPS) is 17.9. The number of likely N-dealkylation sites (tertiary alicyclic amines) is 1. The Hall–Kier alpha value is -3.16. The summed E-state index contributed by atoms with van der Waals surface area (Å²) in [5, 5.41) is 11.7. The van der Waals surface area contributed by atoms with Crippen molar-refractivity contribution in [1.82, 2.24) is 34.7 Å². The summed E-state index contributed by atoms with van der Waals surface area (Å²) in [6.45, 7) is 3.12. The van der Waals surface area contributed by atoms with Gasteiger partial charge in [0.15, 0.2) is 17.2 Å². The summed E-state index contributed by atoms with van der Waals surface area (Å²) in [5.41, 5.74) is 8.12. The maximum Gasteiger partial charge on any atom is 0.218 e. The zero-order valence-electron chi connectivity index (χ0n) is 16.2. The van der Waals surface area contributed by atoms with Crippen LogP contribution in [0.5, 0.6) is 0 Å². The molecule has 0 aromatic carbocycles. The molecule has 1 aliphatic heterocycles. The lowest BCUT2D eigenvalue weighted by Crippen LogP contribution is -2.31. The van der Waals surface area contributed by atoms with Crippen LogP contribution in [-0.4, -0.2) is 47.3 Å². The molecule has 0 saturated carbocycles. The van der Waals surface area contributed by atoms with Crippen molar-refractivity contribution in [2.45, 2.75) is 31.8 Å². The highest BCUT2D eigenvalue weighted by molar-refractivity contribution is 9.10. The minimum Gasteiger partial charge on any atom is -0.461 e. The summed E-state index contributed by atoms with van der Waals surface area (Å²) in [5.74, 6) is 7.85. The molecule has 10 heteroatoms. The van der Waals surface area contributed by atoms with Gasteiger partial charge in [0.2, 0.25) is 5.82 Å². The number of aromatic amines is 1. The van der Waals surface area contributed by atoms with Crippen LogP contribution < -0.4 is 5.73 Å². The highest BCUT2D eigenvalue weighted by Crippen LogP contribution is 2.31. The van der Waals surface area contributed by atoms with Crippen molar-refractivity contribution in [1.29, 1.82) is 0 Å². The van der Waals surface area contributed by atoms with Gasteiger partial charge >= 0.3 is 0 Å². The molecule has 0 spiro atoms. The average Bonchev–Trinajstić information content (AvgIpc) is 3.51. The molecule has 0 aliphatic carbocycles. The maximum atomic E-state index is 6.10. The largest absolute Gasteiger partial charge is 0.461 e. The summed E-state index contributed by atoms with van der Waals surface area (Å²) >= 11 is 3.55. The van der Waals surface area contributed by atoms with E-state index >= 15 is 0 Å². The molecule has 1 aliphatic rings. The molecule has 1 unspecified atom stereocenters. The van der Waals surface area contributed by atoms with Crippen LogP contribution in [0.1, 0.15) is 37.2 Å².